The van der Waals surface area contributed by atoms with E-state index >= 15 is 0 Å². The van der Waals surface area contributed by atoms with Crippen LogP contribution in [0.25, 0.3) is 0 Å². The molecule has 1 aromatic rings. The van der Waals surface area contributed by atoms with Crippen LogP contribution in [0.15, 0.2) is 24.3 Å². The second-order valence-corrected chi connectivity index (χ2v) is 11.2. The summed E-state index contributed by atoms with van der Waals surface area (Å²) in [5.74, 6) is -0.131. The zero-order valence-electron chi connectivity index (χ0n) is 17.4. The SMILES string of the molecule is CS(=O)(=O)N1CCC2(CC1)CC(CCN1CCN(c3ccc(Cl)cc3)CC1)OC2=O. The van der Waals surface area contributed by atoms with Crippen LogP contribution in [-0.2, 0) is 19.6 Å². The van der Waals surface area contributed by atoms with E-state index in [9.17, 15) is 13.2 Å². The highest BCUT2D eigenvalue weighted by Crippen LogP contribution is 2.44. The number of anilines is 1. The molecule has 166 valence electrons. The fourth-order valence-corrected chi connectivity index (χ4v) is 5.83. The molecule has 9 heteroatoms. The van der Waals surface area contributed by atoms with Gasteiger partial charge in [0.25, 0.3) is 0 Å². The molecule has 0 aliphatic carbocycles. The molecule has 0 bridgehead atoms. The minimum atomic E-state index is -3.19. The third-order valence-electron chi connectivity index (χ3n) is 6.81. The van der Waals surface area contributed by atoms with Crippen LogP contribution in [0, 0.1) is 5.41 Å². The van der Waals surface area contributed by atoms with Gasteiger partial charge in [-0.05, 0) is 43.5 Å². The molecule has 1 aromatic carbocycles. The molecule has 3 saturated heterocycles. The third kappa shape index (κ3) is 4.77. The molecule has 0 radical (unpaired) electrons. The van der Waals surface area contributed by atoms with Crippen molar-refractivity contribution < 1.29 is 17.9 Å². The summed E-state index contributed by atoms with van der Waals surface area (Å²) in [7, 11) is -3.19. The van der Waals surface area contributed by atoms with Gasteiger partial charge in [-0.3, -0.25) is 9.69 Å². The zero-order chi connectivity index (χ0) is 21.4. The fourth-order valence-electron chi connectivity index (χ4n) is 4.86. The van der Waals surface area contributed by atoms with Gasteiger partial charge >= 0.3 is 5.97 Å². The van der Waals surface area contributed by atoms with Crippen molar-refractivity contribution in [1.82, 2.24) is 9.21 Å². The minimum absolute atomic E-state index is 0.0587. The predicted octanol–water partition coefficient (Wildman–Crippen LogP) is 2.21. The van der Waals surface area contributed by atoms with Gasteiger partial charge in [-0.2, -0.15) is 0 Å². The number of nitrogens with zero attached hydrogens (tertiary/aromatic N) is 3. The lowest BCUT2D eigenvalue weighted by Gasteiger charge is -2.36. The van der Waals surface area contributed by atoms with Crippen LogP contribution in [0.4, 0.5) is 5.69 Å². The van der Waals surface area contributed by atoms with E-state index in [1.165, 1.54) is 16.2 Å². The van der Waals surface area contributed by atoms with E-state index in [1.54, 1.807) is 0 Å². The number of hydrogen-bond acceptors (Lipinski definition) is 6. The van der Waals surface area contributed by atoms with Crippen LogP contribution >= 0.6 is 11.6 Å². The summed E-state index contributed by atoms with van der Waals surface area (Å²) in [6.07, 6.45) is 3.85. The van der Waals surface area contributed by atoms with Crippen LogP contribution in [0.2, 0.25) is 5.02 Å². The summed E-state index contributed by atoms with van der Waals surface area (Å²) in [4.78, 5) is 17.4. The van der Waals surface area contributed by atoms with Crippen LogP contribution in [-0.4, -0.2) is 81.8 Å². The van der Waals surface area contributed by atoms with Crippen LogP contribution in [0.3, 0.4) is 0 Å². The normalized spacial score (nSPS) is 25.6. The van der Waals surface area contributed by atoms with E-state index < -0.39 is 15.4 Å². The molecule has 3 fully saturated rings. The molecule has 1 unspecified atom stereocenters. The lowest BCUT2D eigenvalue weighted by atomic mass is 9.76. The second kappa shape index (κ2) is 8.65. The van der Waals surface area contributed by atoms with E-state index in [0.29, 0.717) is 32.4 Å². The Hall–Kier alpha value is -1.35. The monoisotopic (exact) mass is 455 g/mol. The first-order valence-corrected chi connectivity index (χ1v) is 12.9. The van der Waals surface area contributed by atoms with Gasteiger partial charge in [-0.1, -0.05) is 11.6 Å². The van der Waals surface area contributed by atoms with E-state index in [0.717, 1.165) is 44.2 Å². The standard InChI is InChI=1S/C21H30ClN3O4S/c1-30(27,28)25-10-7-21(8-11-25)16-19(29-20(21)26)6-9-23-12-14-24(15-13-23)18-4-2-17(22)3-5-18/h2-5,19H,6-16H2,1H3. The Morgan fingerprint density at radius 3 is 2.30 bits per heavy atom. The van der Waals surface area contributed by atoms with Gasteiger partial charge in [0.05, 0.1) is 11.7 Å². The Balaban J connectivity index is 1.23. The number of sulfonamides is 1. The number of esters is 1. The van der Waals surface area contributed by atoms with Crippen molar-refractivity contribution in [3.05, 3.63) is 29.3 Å². The molecule has 1 atom stereocenters. The average molecular weight is 456 g/mol. The summed E-state index contributed by atoms with van der Waals surface area (Å²) in [5.41, 5.74) is 0.713. The number of hydrogen-bond donors (Lipinski definition) is 0. The van der Waals surface area contributed by atoms with Gasteiger partial charge in [0, 0.05) is 62.9 Å². The Morgan fingerprint density at radius 1 is 1.07 bits per heavy atom. The molecule has 30 heavy (non-hydrogen) atoms. The second-order valence-electron chi connectivity index (χ2n) is 8.77. The zero-order valence-corrected chi connectivity index (χ0v) is 19.0. The molecule has 7 nitrogen and oxygen atoms in total. The highest BCUT2D eigenvalue weighted by Gasteiger charge is 2.51. The van der Waals surface area contributed by atoms with E-state index in [4.69, 9.17) is 16.3 Å². The first-order chi connectivity index (χ1) is 14.2. The topological polar surface area (TPSA) is 70.2 Å². The maximum atomic E-state index is 12.6. The Labute approximate surface area is 184 Å². The first-order valence-electron chi connectivity index (χ1n) is 10.6. The fraction of sp³-hybridized carbons (Fsp3) is 0.667. The molecule has 0 amide bonds. The van der Waals surface area contributed by atoms with Crippen LogP contribution in [0.1, 0.15) is 25.7 Å². The summed E-state index contributed by atoms with van der Waals surface area (Å²) in [5, 5.41) is 0.753. The van der Waals surface area contributed by atoms with Gasteiger partial charge in [0.1, 0.15) is 6.10 Å². The highest BCUT2D eigenvalue weighted by atomic mass is 35.5. The van der Waals surface area contributed by atoms with E-state index in [1.807, 2.05) is 12.1 Å². The van der Waals surface area contributed by atoms with Gasteiger partial charge in [-0.25, -0.2) is 12.7 Å². The van der Waals surface area contributed by atoms with Crippen molar-refractivity contribution in [2.45, 2.75) is 31.8 Å². The summed E-state index contributed by atoms with van der Waals surface area (Å²) in [6, 6.07) is 7.97. The largest absolute Gasteiger partial charge is 0.462 e. The summed E-state index contributed by atoms with van der Waals surface area (Å²) < 4.78 is 30.7. The molecule has 0 aromatic heterocycles. The lowest BCUT2D eigenvalue weighted by molar-refractivity contribution is -0.150. The molecule has 3 aliphatic rings. The highest BCUT2D eigenvalue weighted by molar-refractivity contribution is 7.88. The van der Waals surface area contributed by atoms with Gasteiger partial charge in [0.2, 0.25) is 10.0 Å². The quantitative estimate of drug-likeness (QED) is 0.634. The third-order valence-corrected chi connectivity index (χ3v) is 8.36. The smallest absolute Gasteiger partial charge is 0.312 e. The van der Waals surface area contributed by atoms with E-state index in [-0.39, 0.29) is 12.1 Å². The summed E-state index contributed by atoms with van der Waals surface area (Å²) >= 11 is 5.98. The maximum Gasteiger partial charge on any atom is 0.312 e. The number of benzene rings is 1. The van der Waals surface area contributed by atoms with Crippen molar-refractivity contribution >= 4 is 33.3 Å². The predicted molar refractivity (Wildman–Crippen MR) is 117 cm³/mol. The van der Waals surface area contributed by atoms with E-state index in [2.05, 4.69) is 21.9 Å². The molecule has 1 spiro atoms. The van der Waals surface area contributed by atoms with Crippen molar-refractivity contribution in [1.29, 1.82) is 0 Å². The molecule has 3 heterocycles. The van der Waals surface area contributed by atoms with Gasteiger partial charge < -0.3 is 9.64 Å². The number of piperazine rings is 1. The van der Waals surface area contributed by atoms with Crippen molar-refractivity contribution in [3.63, 3.8) is 0 Å². The van der Waals surface area contributed by atoms with Gasteiger partial charge in [-0.15, -0.1) is 0 Å². The van der Waals surface area contributed by atoms with Crippen LogP contribution < -0.4 is 4.90 Å². The van der Waals surface area contributed by atoms with Crippen molar-refractivity contribution in [2.24, 2.45) is 5.41 Å². The molecule has 3 aliphatic heterocycles. The molecule has 0 saturated carbocycles. The number of carbonyl (C=O) groups is 1. The van der Waals surface area contributed by atoms with Crippen LogP contribution in [0.5, 0.6) is 0 Å². The first kappa shape index (κ1) is 21.9. The Morgan fingerprint density at radius 2 is 1.70 bits per heavy atom. The van der Waals surface area contributed by atoms with Gasteiger partial charge in [0.15, 0.2) is 0 Å². The lowest BCUT2D eigenvalue weighted by Crippen LogP contribution is -2.47. The molecular formula is C21H30ClN3O4S. The number of halogens is 1. The minimum Gasteiger partial charge on any atom is -0.462 e. The maximum absolute atomic E-state index is 12.6. The Kier molecular flexibility index (Phi) is 6.30. The van der Waals surface area contributed by atoms with Crippen molar-refractivity contribution in [3.8, 4) is 0 Å². The number of carbonyl (C=O) groups excluding carboxylic acids is 1. The number of cyclic esters (lactones) is 1. The average Bonchev–Trinajstić information content (AvgIpc) is 3.02. The van der Waals surface area contributed by atoms with Crippen molar-refractivity contribution in [2.75, 3.05) is 57.0 Å². The molecule has 0 N–H and O–H groups in total. The number of rotatable bonds is 5. The number of ether oxygens (including phenoxy) is 1. The molecular weight excluding hydrogens is 426 g/mol. The number of piperidine rings is 1. The summed E-state index contributed by atoms with van der Waals surface area (Å²) in [6.45, 7) is 5.64. The molecule has 4 rings (SSSR count). The Bertz CT molecular complexity index is 861.